The molecule has 22 heavy (non-hydrogen) atoms. The summed E-state index contributed by atoms with van der Waals surface area (Å²) >= 11 is 1.69. The molecule has 0 saturated carbocycles. The standard InChI is InChI=1S/C17H17NO3S/c1-11(19)18-6-5-12-10-22-17-9-14(15-4-3-7-21-15)16(20-2)8-13(12)17/h3-4,7-10H,5-6H2,1-2H3,(H,18,19). The van der Waals surface area contributed by atoms with Gasteiger partial charge in [-0.15, -0.1) is 11.3 Å². The maximum atomic E-state index is 11.0. The van der Waals surface area contributed by atoms with Gasteiger partial charge in [0.15, 0.2) is 0 Å². The lowest BCUT2D eigenvalue weighted by molar-refractivity contribution is -0.118. The smallest absolute Gasteiger partial charge is 0.216 e. The number of ether oxygens (including phenoxy) is 1. The van der Waals surface area contributed by atoms with Crippen molar-refractivity contribution in [2.24, 2.45) is 0 Å². The molecule has 114 valence electrons. The van der Waals surface area contributed by atoms with Gasteiger partial charge in [-0.3, -0.25) is 4.79 Å². The average molecular weight is 315 g/mol. The zero-order chi connectivity index (χ0) is 15.5. The molecule has 0 aliphatic carbocycles. The lowest BCUT2D eigenvalue weighted by Crippen LogP contribution is -2.22. The number of carbonyl (C=O) groups excluding carboxylic acids is 1. The third-order valence-electron chi connectivity index (χ3n) is 3.53. The third-order valence-corrected chi connectivity index (χ3v) is 4.52. The van der Waals surface area contributed by atoms with Crippen LogP contribution in [0.1, 0.15) is 12.5 Å². The van der Waals surface area contributed by atoms with Gasteiger partial charge >= 0.3 is 0 Å². The van der Waals surface area contributed by atoms with Gasteiger partial charge in [0.1, 0.15) is 11.5 Å². The number of thiophene rings is 1. The molecule has 4 nitrogen and oxygen atoms in total. The second kappa shape index (κ2) is 6.23. The number of nitrogens with one attached hydrogen (secondary N) is 1. The number of carbonyl (C=O) groups is 1. The highest BCUT2D eigenvalue weighted by Crippen LogP contribution is 2.38. The predicted octanol–water partition coefficient (Wildman–Crippen LogP) is 3.85. The van der Waals surface area contributed by atoms with Crippen molar-refractivity contribution in [3.05, 3.63) is 41.5 Å². The maximum absolute atomic E-state index is 11.0. The SMILES string of the molecule is COc1cc2c(CCNC(C)=O)csc2cc1-c1ccco1. The number of methoxy groups -OCH3 is 1. The fourth-order valence-electron chi connectivity index (χ4n) is 2.47. The number of benzene rings is 1. The fourth-order valence-corrected chi connectivity index (χ4v) is 3.48. The molecule has 0 saturated heterocycles. The van der Waals surface area contributed by atoms with Crippen LogP contribution in [0.2, 0.25) is 0 Å². The van der Waals surface area contributed by atoms with Crippen LogP contribution in [0.5, 0.6) is 5.75 Å². The Morgan fingerprint density at radius 1 is 1.41 bits per heavy atom. The molecule has 1 N–H and O–H groups in total. The molecule has 0 unspecified atom stereocenters. The minimum atomic E-state index is -0.00257. The monoisotopic (exact) mass is 315 g/mol. The van der Waals surface area contributed by atoms with Crippen molar-refractivity contribution in [2.45, 2.75) is 13.3 Å². The van der Waals surface area contributed by atoms with Crippen LogP contribution < -0.4 is 10.1 Å². The van der Waals surface area contributed by atoms with Crippen molar-refractivity contribution in [2.75, 3.05) is 13.7 Å². The van der Waals surface area contributed by atoms with E-state index in [4.69, 9.17) is 9.15 Å². The molecule has 0 spiro atoms. The quantitative estimate of drug-likeness (QED) is 0.778. The van der Waals surface area contributed by atoms with E-state index in [1.807, 2.05) is 18.2 Å². The van der Waals surface area contributed by atoms with Gasteiger partial charge in [0.05, 0.1) is 18.9 Å². The molecule has 2 aromatic heterocycles. The summed E-state index contributed by atoms with van der Waals surface area (Å²) in [6, 6.07) is 7.94. The number of amides is 1. The summed E-state index contributed by atoms with van der Waals surface area (Å²) < 4.78 is 12.2. The van der Waals surface area contributed by atoms with E-state index in [1.165, 1.54) is 22.6 Å². The molecule has 1 amide bonds. The van der Waals surface area contributed by atoms with Crippen LogP contribution in [0.15, 0.2) is 40.3 Å². The first-order valence-electron chi connectivity index (χ1n) is 7.05. The highest BCUT2D eigenvalue weighted by Gasteiger charge is 2.13. The van der Waals surface area contributed by atoms with Gasteiger partial charge in [0.25, 0.3) is 0 Å². The van der Waals surface area contributed by atoms with Crippen LogP contribution in [-0.4, -0.2) is 19.6 Å². The average Bonchev–Trinajstić information content (AvgIpc) is 3.15. The van der Waals surface area contributed by atoms with Crippen LogP contribution in [0, 0.1) is 0 Å². The molecule has 0 radical (unpaired) electrons. The zero-order valence-electron chi connectivity index (χ0n) is 12.5. The largest absolute Gasteiger partial charge is 0.496 e. The molecular formula is C17H17NO3S. The lowest BCUT2D eigenvalue weighted by atomic mass is 10.1. The van der Waals surface area contributed by atoms with E-state index in [0.29, 0.717) is 6.54 Å². The Morgan fingerprint density at radius 2 is 2.27 bits per heavy atom. The van der Waals surface area contributed by atoms with Crippen molar-refractivity contribution in [3.8, 4) is 17.1 Å². The van der Waals surface area contributed by atoms with E-state index in [1.54, 1.807) is 24.7 Å². The first-order chi connectivity index (χ1) is 10.7. The lowest BCUT2D eigenvalue weighted by Gasteiger charge is -2.08. The Labute approximate surface area is 132 Å². The predicted molar refractivity (Wildman–Crippen MR) is 88.5 cm³/mol. The second-order valence-electron chi connectivity index (χ2n) is 5.02. The van der Waals surface area contributed by atoms with Gasteiger partial charge in [0.2, 0.25) is 5.91 Å². The fraction of sp³-hybridized carbons (Fsp3) is 0.235. The van der Waals surface area contributed by atoms with E-state index >= 15 is 0 Å². The number of hydrogen-bond acceptors (Lipinski definition) is 4. The molecule has 0 bridgehead atoms. The molecule has 3 aromatic rings. The van der Waals surface area contributed by atoms with Crippen molar-refractivity contribution < 1.29 is 13.9 Å². The Balaban J connectivity index is 1.96. The van der Waals surface area contributed by atoms with Gasteiger partial charge in [-0.2, -0.15) is 0 Å². The van der Waals surface area contributed by atoms with Crippen LogP contribution in [0.4, 0.5) is 0 Å². The van der Waals surface area contributed by atoms with E-state index in [-0.39, 0.29) is 5.91 Å². The minimum absolute atomic E-state index is 0.00257. The normalized spacial score (nSPS) is 10.8. The van der Waals surface area contributed by atoms with Gasteiger partial charge in [-0.05, 0) is 47.0 Å². The summed E-state index contributed by atoms with van der Waals surface area (Å²) in [6.07, 6.45) is 2.47. The zero-order valence-corrected chi connectivity index (χ0v) is 13.3. The summed E-state index contributed by atoms with van der Waals surface area (Å²) in [7, 11) is 1.66. The second-order valence-corrected chi connectivity index (χ2v) is 5.93. The molecular weight excluding hydrogens is 298 g/mol. The van der Waals surface area contributed by atoms with Crippen molar-refractivity contribution in [3.63, 3.8) is 0 Å². The van der Waals surface area contributed by atoms with Gasteiger partial charge in [-0.25, -0.2) is 0 Å². The Hall–Kier alpha value is -2.27. The molecule has 1 aromatic carbocycles. The van der Waals surface area contributed by atoms with Crippen LogP contribution >= 0.6 is 11.3 Å². The number of fused-ring (bicyclic) bond motifs is 1. The van der Waals surface area contributed by atoms with Gasteiger partial charge in [0, 0.05) is 18.2 Å². The Bertz CT molecular complexity index is 790. The van der Waals surface area contributed by atoms with E-state index in [9.17, 15) is 4.79 Å². The highest BCUT2D eigenvalue weighted by molar-refractivity contribution is 7.17. The van der Waals surface area contributed by atoms with Crippen LogP contribution in [0.3, 0.4) is 0 Å². The number of hydrogen-bond donors (Lipinski definition) is 1. The Kier molecular flexibility index (Phi) is 4.15. The molecule has 0 atom stereocenters. The molecule has 2 heterocycles. The molecule has 5 heteroatoms. The van der Waals surface area contributed by atoms with E-state index < -0.39 is 0 Å². The minimum Gasteiger partial charge on any atom is -0.496 e. The summed E-state index contributed by atoms with van der Waals surface area (Å²) in [5.41, 5.74) is 2.17. The van der Waals surface area contributed by atoms with E-state index in [0.717, 1.165) is 23.5 Å². The first kappa shape index (κ1) is 14.7. The highest BCUT2D eigenvalue weighted by atomic mass is 32.1. The van der Waals surface area contributed by atoms with Crippen molar-refractivity contribution >= 4 is 27.3 Å². The molecule has 3 rings (SSSR count). The number of furan rings is 1. The number of rotatable bonds is 5. The van der Waals surface area contributed by atoms with Crippen molar-refractivity contribution in [1.82, 2.24) is 5.32 Å². The van der Waals surface area contributed by atoms with E-state index in [2.05, 4.69) is 16.8 Å². The molecule has 0 aliphatic heterocycles. The Morgan fingerprint density at radius 3 is 2.95 bits per heavy atom. The van der Waals surface area contributed by atoms with Gasteiger partial charge in [-0.1, -0.05) is 0 Å². The van der Waals surface area contributed by atoms with Crippen LogP contribution in [-0.2, 0) is 11.2 Å². The molecule has 0 aliphatic rings. The molecule has 0 fully saturated rings. The topological polar surface area (TPSA) is 51.5 Å². The maximum Gasteiger partial charge on any atom is 0.216 e. The summed E-state index contributed by atoms with van der Waals surface area (Å²) in [5.74, 6) is 1.59. The summed E-state index contributed by atoms with van der Waals surface area (Å²) in [4.78, 5) is 11.0. The van der Waals surface area contributed by atoms with Gasteiger partial charge < -0.3 is 14.5 Å². The third kappa shape index (κ3) is 2.85. The summed E-state index contributed by atoms with van der Waals surface area (Å²) in [5, 5.41) is 6.14. The first-order valence-corrected chi connectivity index (χ1v) is 7.93. The summed E-state index contributed by atoms with van der Waals surface area (Å²) in [6.45, 7) is 2.17. The van der Waals surface area contributed by atoms with Crippen LogP contribution in [0.25, 0.3) is 21.4 Å². The van der Waals surface area contributed by atoms with Crippen molar-refractivity contribution in [1.29, 1.82) is 0 Å².